The van der Waals surface area contributed by atoms with Crippen LogP contribution in [0.25, 0.3) is 0 Å². The molecule has 0 saturated heterocycles. The van der Waals surface area contributed by atoms with E-state index in [0.717, 1.165) is 17.1 Å². The first-order chi connectivity index (χ1) is 9.82. The summed E-state index contributed by atoms with van der Waals surface area (Å²) < 4.78 is 2.82. The quantitative estimate of drug-likeness (QED) is 0.870. The molecular formula is C15H21N3O2S. The standard InChI is InChI=1S/C15H21N3O2S/c1-5-7-17-8-6-13(19)18(14(17)20)9-12-16-11(10-21-12)15(2,3)4/h6,8,10H,5,7,9H2,1-4H3. The number of nitrogens with zero attached hydrogens (tertiary/aromatic N) is 3. The van der Waals surface area contributed by atoms with Crippen molar-refractivity contribution < 1.29 is 0 Å². The highest BCUT2D eigenvalue weighted by atomic mass is 32.1. The van der Waals surface area contributed by atoms with E-state index in [2.05, 4.69) is 25.8 Å². The molecule has 0 spiro atoms. The summed E-state index contributed by atoms with van der Waals surface area (Å²) in [6, 6.07) is 1.44. The van der Waals surface area contributed by atoms with Crippen molar-refractivity contribution in [3.63, 3.8) is 0 Å². The lowest BCUT2D eigenvalue weighted by Crippen LogP contribution is -2.39. The molecule has 0 saturated carbocycles. The zero-order chi connectivity index (χ0) is 15.6. The minimum atomic E-state index is -0.278. The summed E-state index contributed by atoms with van der Waals surface area (Å²) in [5.41, 5.74) is 0.413. The summed E-state index contributed by atoms with van der Waals surface area (Å²) in [5, 5.41) is 2.78. The lowest BCUT2D eigenvalue weighted by Gasteiger charge is -2.14. The Morgan fingerprint density at radius 2 is 2.00 bits per heavy atom. The third kappa shape index (κ3) is 3.50. The van der Waals surface area contributed by atoms with Crippen molar-refractivity contribution in [3.05, 3.63) is 49.2 Å². The Morgan fingerprint density at radius 3 is 2.57 bits per heavy atom. The zero-order valence-electron chi connectivity index (χ0n) is 12.9. The Balaban J connectivity index is 2.36. The number of hydrogen-bond donors (Lipinski definition) is 0. The summed E-state index contributed by atoms with van der Waals surface area (Å²) in [4.78, 5) is 28.8. The minimum absolute atomic E-state index is 0.0290. The van der Waals surface area contributed by atoms with Crippen molar-refractivity contribution >= 4 is 11.3 Å². The molecule has 0 unspecified atom stereocenters. The summed E-state index contributed by atoms with van der Waals surface area (Å²) in [5.74, 6) is 0. The van der Waals surface area contributed by atoms with Gasteiger partial charge in [0.05, 0.1) is 12.2 Å². The highest BCUT2D eigenvalue weighted by Gasteiger charge is 2.18. The van der Waals surface area contributed by atoms with Crippen LogP contribution in [0.5, 0.6) is 0 Å². The molecule has 114 valence electrons. The van der Waals surface area contributed by atoms with Crippen LogP contribution < -0.4 is 11.2 Å². The average Bonchev–Trinajstić information content (AvgIpc) is 2.87. The molecule has 0 amide bonds. The Labute approximate surface area is 127 Å². The predicted molar refractivity (Wildman–Crippen MR) is 85.2 cm³/mol. The molecule has 6 heteroatoms. The summed E-state index contributed by atoms with van der Waals surface area (Å²) in [6.45, 7) is 9.13. The summed E-state index contributed by atoms with van der Waals surface area (Å²) in [7, 11) is 0. The van der Waals surface area contributed by atoms with Crippen LogP contribution in [-0.4, -0.2) is 14.1 Å². The number of rotatable bonds is 4. The summed E-state index contributed by atoms with van der Waals surface area (Å²) in [6.07, 6.45) is 2.41. The van der Waals surface area contributed by atoms with Gasteiger partial charge < -0.3 is 4.57 Å². The van der Waals surface area contributed by atoms with Gasteiger partial charge in [-0.05, 0) is 6.42 Å². The molecular weight excluding hydrogens is 286 g/mol. The lowest BCUT2D eigenvalue weighted by molar-refractivity contribution is 0.557. The molecule has 0 N–H and O–H groups in total. The molecule has 0 aromatic carbocycles. The number of aryl methyl sites for hydroxylation is 1. The van der Waals surface area contributed by atoms with Crippen molar-refractivity contribution in [3.8, 4) is 0 Å². The van der Waals surface area contributed by atoms with Gasteiger partial charge in [0.2, 0.25) is 0 Å². The first-order valence-corrected chi connectivity index (χ1v) is 7.96. The lowest BCUT2D eigenvalue weighted by atomic mass is 9.93. The van der Waals surface area contributed by atoms with Gasteiger partial charge in [0.1, 0.15) is 5.01 Å². The van der Waals surface area contributed by atoms with Crippen LogP contribution in [-0.2, 0) is 18.5 Å². The van der Waals surface area contributed by atoms with Crippen LogP contribution in [0, 0.1) is 0 Å². The highest BCUT2D eigenvalue weighted by molar-refractivity contribution is 7.09. The average molecular weight is 307 g/mol. The maximum absolute atomic E-state index is 12.3. The molecule has 0 atom stereocenters. The molecule has 2 heterocycles. The van der Waals surface area contributed by atoms with Crippen LogP contribution in [0.3, 0.4) is 0 Å². The van der Waals surface area contributed by atoms with Crippen molar-refractivity contribution in [2.45, 2.75) is 52.6 Å². The van der Waals surface area contributed by atoms with Gasteiger partial charge in [0, 0.05) is 29.6 Å². The topological polar surface area (TPSA) is 56.9 Å². The van der Waals surface area contributed by atoms with Crippen LogP contribution >= 0.6 is 11.3 Å². The van der Waals surface area contributed by atoms with E-state index >= 15 is 0 Å². The van der Waals surface area contributed by atoms with Gasteiger partial charge >= 0.3 is 5.69 Å². The fraction of sp³-hybridized carbons (Fsp3) is 0.533. The van der Waals surface area contributed by atoms with Crippen LogP contribution in [0.2, 0.25) is 0 Å². The van der Waals surface area contributed by atoms with E-state index in [-0.39, 0.29) is 23.2 Å². The largest absolute Gasteiger partial charge is 0.331 e. The molecule has 0 aliphatic carbocycles. The smallest absolute Gasteiger partial charge is 0.300 e. The zero-order valence-corrected chi connectivity index (χ0v) is 13.7. The Bertz CT molecular complexity index is 734. The fourth-order valence-electron chi connectivity index (χ4n) is 1.98. The second kappa shape index (κ2) is 5.97. The van der Waals surface area contributed by atoms with Gasteiger partial charge in [0.25, 0.3) is 5.56 Å². The Morgan fingerprint density at radius 1 is 1.29 bits per heavy atom. The van der Waals surface area contributed by atoms with E-state index in [1.807, 2.05) is 12.3 Å². The SMILES string of the molecule is CCCn1ccc(=O)n(Cc2nc(C(C)(C)C)cs2)c1=O. The third-order valence-corrected chi connectivity index (χ3v) is 4.05. The molecule has 0 radical (unpaired) electrons. The second-order valence-corrected chi connectivity index (χ2v) is 7.04. The Hall–Kier alpha value is -1.69. The molecule has 2 aromatic rings. The molecule has 5 nitrogen and oxygen atoms in total. The van der Waals surface area contributed by atoms with Gasteiger partial charge in [-0.15, -0.1) is 11.3 Å². The van der Waals surface area contributed by atoms with Crippen molar-refractivity contribution in [1.82, 2.24) is 14.1 Å². The third-order valence-electron chi connectivity index (χ3n) is 3.22. The predicted octanol–water partition coefficient (Wildman–Crippen LogP) is 2.22. The molecule has 2 aromatic heterocycles. The molecule has 0 aliphatic heterocycles. The van der Waals surface area contributed by atoms with Crippen molar-refractivity contribution in [2.75, 3.05) is 0 Å². The number of thiazole rings is 1. The Kier molecular flexibility index (Phi) is 4.46. The molecule has 0 bridgehead atoms. The van der Waals surface area contributed by atoms with Gasteiger partial charge in [-0.3, -0.25) is 9.36 Å². The first-order valence-electron chi connectivity index (χ1n) is 7.08. The van der Waals surface area contributed by atoms with Crippen LogP contribution in [0.1, 0.15) is 44.8 Å². The highest BCUT2D eigenvalue weighted by Crippen LogP contribution is 2.23. The molecule has 0 fully saturated rings. The summed E-state index contributed by atoms with van der Waals surface area (Å²) >= 11 is 1.49. The normalized spacial score (nSPS) is 11.8. The van der Waals surface area contributed by atoms with Gasteiger partial charge in [0.15, 0.2) is 0 Å². The van der Waals surface area contributed by atoms with Crippen LogP contribution in [0.4, 0.5) is 0 Å². The maximum Gasteiger partial charge on any atom is 0.331 e. The van der Waals surface area contributed by atoms with Crippen LogP contribution in [0.15, 0.2) is 27.2 Å². The fourth-order valence-corrected chi connectivity index (χ4v) is 2.99. The van der Waals surface area contributed by atoms with Gasteiger partial charge in [-0.25, -0.2) is 9.78 Å². The first kappa shape index (κ1) is 15.7. The van der Waals surface area contributed by atoms with E-state index in [9.17, 15) is 9.59 Å². The van der Waals surface area contributed by atoms with Crippen molar-refractivity contribution in [1.29, 1.82) is 0 Å². The molecule has 0 aliphatic rings. The second-order valence-electron chi connectivity index (χ2n) is 6.09. The maximum atomic E-state index is 12.3. The van der Waals surface area contributed by atoms with E-state index in [0.29, 0.717) is 6.54 Å². The van der Waals surface area contributed by atoms with Gasteiger partial charge in [-0.2, -0.15) is 0 Å². The minimum Gasteiger partial charge on any atom is -0.300 e. The molecule has 21 heavy (non-hydrogen) atoms. The van der Waals surface area contributed by atoms with Gasteiger partial charge in [-0.1, -0.05) is 27.7 Å². The number of aromatic nitrogens is 3. The van der Waals surface area contributed by atoms with E-state index in [4.69, 9.17) is 0 Å². The monoisotopic (exact) mass is 307 g/mol. The van der Waals surface area contributed by atoms with Crippen molar-refractivity contribution in [2.24, 2.45) is 0 Å². The van der Waals surface area contributed by atoms with E-state index in [1.54, 1.807) is 10.8 Å². The van der Waals surface area contributed by atoms with E-state index < -0.39 is 0 Å². The number of hydrogen-bond acceptors (Lipinski definition) is 4. The molecule has 2 rings (SSSR count). The van der Waals surface area contributed by atoms with E-state index in [1.165, 1.54) is 22.0 Å².